The summed E-state index contributed by atoms with van der Waals surface area (Å²) in [6, 6.07) is 20.8. The van der Waals surface area contributed by atoms with Gasteiger partial charge in [-0.2, -0.15) is 0 Å². The number of non-ortho nitro benzene ring substituents is 1. The minimum absolute atomic E-state index is 0.0126. The monoisotopic (exact) mass is 514 g/mol. The topological polar surface area (TPSA) is 107 Å². The minimum Gasteiger partial charge on any atom is -0.349 e. The number of thioether (sulfide) groups is 1. The number of benzene rings is 3. The second-order valence-electron chi connectivity index (χ2n) is 9.13. The Bertz CT molecular complexity index is 1510. The predicted molar refractivity (Wildman–Crippen MR) is 144 cm³/mol. The van der Waals surface area contributed by atoms with Gasteiger partial charge < -0.3 is 5.32 Å². The number of nitrogens with zero attached hydrogens (tertiary/aromatic N) is 3. The van der Waals surface area contributed by atoms with Gasteiger partial charge in [-0.3, -0.25) is 24.3 Å². The molecule has 9 heteroatoms. The maximum Gasteiger partial charge on any atom is 0.269 e. The molecule has 1 aliphatic carbocycles. The molecule has 8 nitrogen and oxygen atoms in total. The highest BCUT2D eigenvalue weighted by atomic mass is 32.2. The Morgan fingerprint density at radius 3 is 2.57 bits per heavy atom. The van der Waals surface area contributed by atoms with Crippen LogP contribution in [-0.2, 0) is 5.75 Å². The second-order valence-corrected chi connectivity index (χ2v) is 10.1. The highest BCUT2D eigenvalue weighted by Gasteiger charge is 2.19. The molecule has 0 aliphatic heterocycles. The third kappa shape index (κ3) is 5.56. The van der Waals surface area contributed by atoms with Gasteiger partial charge in [0, 0.05) is 29.5 Å². The van der Waals surface area contributed by atoms with Crippen molar-refractivity contribution in [3.8, 4) is 5.69 Å². The van der Waals surface area contributed by atoms with E-state index >= 15 is 0 Å². The van der Waals surface area contributed by atoms with Crippen LogP contribution in [0.15, 0.2) is 82.7 Å². The van der Waals surface area contributed by atoms with Crippen LogP contribution in [0.3, 0.4) is 0 Å². The molecule has 0 bridgehead atoms. The van der Waals surface area contributed by atoms with Gasteiger partial charge in [0.05, 0.1) is 21.5 Å². The summed E-state index contributed by atoms with van der Waals surface area (Å²) < 4.78 is 1.55. The van der Waals surface area contributed by atoms with Crippen LogP contribution in [0.1, 0.15) is 48.0 Å². The van der Waals surface area contributed by atoms with Crippen molar-refractivity contribution in [2.75, 3.05) is 0 Å². The fourth-order valence-electron chi connectivity index (χ4n) is 4.63. The zero-order chi connectivity index (χ0) is 25.8. The Balaban J connectivity index is 1.51. The van der Waals surface area contributed by atoms with E-state index in [9.17, 15) is 19.7 Å². The molecule has 0 atom stereocenters. The number of carbonyl (C=O) groups excluding carboxylic acids is 1. The van der Waals surface area contributed by atoms with Crippen molar-refractivity contribution in [2.45, 2.75) is 49.1 Å². The van der Waals surface area contributed by atoms with E-state index in [1.807, 2.05) is 30.3 Å². The number of hydrogen-bond donors (Lipinski definition) is 1. The standard InChI is InChI=1S/C28H26N4O4S/c33-26(29-21-9-3-1-4-10-21)20-14-15-24-25(17-20)30-28(31(27(24)34)22-11-5-2-6-12-22)37-18-19-8-7-13-23(16-19)32(35)36/h2,5-8,11-17,21H,1,3-4,9-10,18H2,(H,29,33). The molecule has 0 saturated heterocycles. The lowest BCUT2D eigenvalue weighted by Crippen LogP contribution is -2.36. The molecule has 5 rings (SSSR count). The minimum atomic E-state index is -0.428. The van der Waals surface area contributed by atoms with Crippen molar-refractivity contribution < 1.29 is 9.72 Å². The normalized spacial score (nSPS) is 13.9. The lowest BCUT2D eigenvalue weighted by atomic mass is 9.95. The third-order valence-electron chi connectivity index (χ3n) is 6.54. The van der Waals surface area contributed by atoms with Crippen LogP contribution in [0.4, 0.5) is 5.69 Å². The molecule has 0 spiro atoms. The Labute approximate surface area is 217 Å². The number of nitro groups is 1. The molecule has 188 valence electrons. The van der Waals surface area contributed by atoms with E-state index in [1.165, 1.54) is 30.3 Å². The molecule has 1 N–H and O–H groups in total. The van der Waals surface area contributed by atoms with Gasteiger partial charge >= 0.3 is 0 Å². The Kier molecular flexibility index (Phi) is 7.32. The fourth-order valence-corrected chi connectivity index (χ4v) is 5.59. The average molecular weight is 515 g/mol. The van der Waals surface area contributed by atoms with Crippen LogP contribution >= 0.6 is 11.8 Å². The molecule has 4 aromatic rings. The van der Waals surface area contributed by atoms with E-state index in [0.29, 0.717) is 33.1 Å². The number of nitro benzene ring substituents is 1. The summed E-state index contributed by atoms with van der Waals surface area (Å²) in [4.78, 5) is 42.1. The van der Waals surface area contributed by atoms with Crippen LogP contribution in [0.25, 0.3) is 16.6 Å². The van der Waals surface area contributed by atoms with Crippen LogP contribution in [0.5, 0.6) is 0 Å². The first-order chi connectivity index (χ1) is 18.0. The quantitative estimate of drug-likeness (QED) is 0.148. The van der Waals surface area contributed by atoms with Gasteiger partial charge in [0.15, 0.2) is 5.16 Å². The van der Waals surface area contributed by atoms with Crippen molar-refractivity contribution in [3.63, 3.8) is 0 Å². The smallest absolute Gasteiger partial charge is 0.269 e. The van der Waals surface area contributed by atoms with E-state index in [1.54, 1.807) is 34.9 Å². The largest absolute Gasteiger partial charge is 0.349 e. The summed E-state index contributed by atoms with van der Waals surface area (Å²) in [5, 5.41) is 15.2. The van der Waals surface area contributed by atoms with Crippen molar-refractivity contribution in [2.24, 2.45) is 0 Å². The predicted octanol–water partition coefficient (Wildman–Crippen LogP) is 5.65. The molecular formula is C28H26N4O4S. The molecule has 3 aromatic carbocycles. The van der Waals surface area contributed by atoms with Crippen LogP contribution in [-0.4, -0.2) is 26.4 Å². The number of para-hydroxylation sites is 1. The van der Waals surface area contributed by atoms with Crippen molar-refractivity contribution in [1.82, 2.24) is 14.9 Å². The molecule has 0 radical (unpaired) electrons. The Morgan fingerprint density at radius 2 is 1.81 bits per heavy atom. The number of aromatic nitrogens is 2. The van der Waals surface area contributed by atoms with Crippen LogP contribution in [0, 0.1) is 10.1 Å². The van der Waals surface area contributed by atoms with Crippen molar-refractivity contribution in [3.05, 3.63) is 104 Å². The summed E-state index contributed by atoms with van der Waals surface area (Å²) >= 11 is 1.32. The number of rotatable bonds is 7. The lowest BCUT2D eigenvalue weighted by molar-refractivity contribution is -0.384. The molecule has 0 unspecified atom stereocenters. The molecule has 1 heterocycles. The summed E-state index contributed by atoms with van der Waals surface area (Å²) in [5.41, 5.74) is 2.10. The van der Waals surface area contributed by atoms with Crippen molar-refractivity contribution in [1.29, 1.82) is 0 Å². The molecule has 1 aliphatic rings. The molecule has 1 saturated carbocycles. The number of carbonyl (C=O) groups is 1. The fraction of sp³-hybridized carbons (Fsp3) is 0.250. The van der Waals surface area contributed by atoms with Gasteiger partial charge in [-0.25, -0.2) is 4.98 Å². The first-order valence-corrected chi connectivity index (χ1v) is 13.3. The zero-order valence-corrected chi connectivity index (χ0v) is 20.9. The lowest BCUT2D eigenvalue weighted by Gasteiger charge is -2.22. The number of hydrogen-bond acceptors (Lipinski definition) is 6. The summed E-state index contributed by atoms with van der Waals surface area (Å²) in [6.07, 6.45) is 5.41. The van der Waals surface area contributed by atoms with Crippen LogP contribution in [0.2, 0.25) is 0 Å². The van der Waals surface area contributed by atoms with E-state index in [0.717, 1.165) is 31.2 Å². The molecule has 1 fully saturated rings. The summed E-state index contributed by atoms with van der Waals surface area (Å²) in [7, 11) is 0. The third-order valence-corrected chi connectivity index (χ3v) is 7.55. The summed E-state index contributed by atoms with van der Waals surface area (Å²) in [6.45, 7) is 0. The highest BCUT2D eigenvalue weighted by molar-refractivity contribution is 7.98. The van der Waals surface area contributed by atoms with E-state index in [-0.39, 0.29) is 23.2 Å². The van der Waals surface area contributed by atoms with Gasteiger partial charge in [-0.05, 0) is 48.7 Å². The molecular weight excluding hydrogens is 488 g/mol. The van der Waals surface area contributed by atoms with Gasteiger partial charge in [-0.1, -0.05) is 61.4 Å². The van der Waals surface area contributed by atoms with E-state index in [2.05, 4.69) is 5.32 Å². The first kappa shape index (κ1) is 24.7. The van der Waals surface area contributed by atoms with Gasteiger partial charge in [0.25, 0.3) is 17.2 Å². The number of amides is 1. The van der Waals surface area contributed by atoms with Crippen LogP contribution < -0.4 is 10.9 Å². The average Bonchev–Trinajstić information content (AvgIpc) is 2.93. The zero-order valence-electron chi connectivity index (χ0n) is 20.1. The molecule has 37 heavy (non-hydrogen) atoms. The SMILES string of the molecule is O=C(NC1CCCCC1)c1ccc2c(=O)n(-c3ccccc3)c(SCc3cccc([N+](=O)[O-])c3)nc2c1. The Morgan fingerprint density at radius 1 is 1.03 bits per heavy atom. The second kappa shape index (κ2) is 11.0. The maximum absolute atomic E-state index is 13.6. The molecule has 1 aromatic heterocycles. The number of nitrogens with one attached hydrogen (secondary N) is 1. The first-order valence-electron chi connectivity index (χ1n) is 12.3. The molecule has 1 amide bonds. The van der Waals surface area contributed by atoms with Gasteiger partial charge in [0.1, 0.15) is 0 Å². The van der Waals surface area contributed by atoms with Gasteiger partial charge in [-0.15, -0.1) is 0 Å². The van der Waals surface area contributed by atoms with E-state index in [4.69, 9.17) is 4.98 Å². The van der Waals surface area contributed by atoms with Gasteiger partial charge in [0.2, 0.25) is 0 Å². The van der Waals surface area contributed by atoms with E-state index < -0.39 is 4.92 Å². The number of fused-ring (bicyclic) bond motifs is 1. The summed E-state index contributed by atoms with van der Waals surface area (Å²) in [5.74, 6) is 0.225. The maximum atomic E-state index is 13.6. The van der Waals surface area contributed by atoms with Crippen molar-refractivity contribution >= 4 is 34.3 Å². The highest BCUT2D eigenvalue weighted by Crippen LogP contribution is 2.26. The Hall–Kier alpha value is -3.98.